The fourth-order valence-electron chi connectivity index (χ4n) is 1.44. The zero-order valence-corrected chi connectivity index (χ0v) is 13.0. The Balaban J connectivity index is 2.19. The number of hydrogen-bond acceptors (Lipinski definition) is 7. The molecule has 1 N–H and O–H groups in total. The first-order valence-electron chi connectivity index (χ1n) is 5.51. The molecule has 112 valence electrons. The minimum atomic E-state index is -3.89. The van der Waals surface area contributed by atoms with Crippen molar-refractivity contribution in [3.8, 4) is 0 Å². The zero-order chi connectivity index (χ0) is 15.6. The van der Waals surface area contributed by atoms with E-state index in [-0.39, 0.29) is 15.1 Å². The van der Waals surface area contributed by atoms with Crippen molar-refractivity contribution in [1.82, 2.24) is 14.7 Å². The molecule has 2 heterocycles. The van der Waals surface area contributed by atoms with Gasteiger partial charge < -0.3 is 0 Å². The first-order valence-corrected chi connectivity index (χ1v) is 8.19. The van der Waals surface area contributed by atoms with Crippen LogP contribution in [-0.2, 0) is 16.6 Å². The number of hydrogen-bond donors (Lipinski definition) is 1. The molecular formula is C10H9ClN4O4S2. The van der Waals surface area contributed by atoms with E-state index >= 15 is 0 Å². The molecule has 21 heavy (non-hydrogen) atoms. The molecule has 2 rings (SSSR count). The molecule has 0 saturated heterocycles. The summed E-state index contributed by atoms with van der Waals surface area (Å²) in [6, 6.07) is 2.50. The van der Waals surface area contributed by atoms with E-state index in [1.807, 2.05) is 0 Å². The lowest BCUT2D eigenvalue weighted by Crippen LogP contribution is -2.23. The number of sulfonamides is 1. The van der Waals surface area contributed by atoms with E-state index in [4.69, 9.17) is 11.6 Å². The number of nitrogens with one attached hydrogen (secondary N) is 1. The number of thiophene rings is 1. The fraction of sp³-hybridized carbons (Fsp3) is 0.200. The quantitative estimate of drug-likeness (QED) is 0.651. The maximum absolute atomic E-state index is 12.1. The molecule has 0 fully saturated rings. The molecule has 0 radical (unpaired) electrons. The lowest BCUT2D eigenvalue weighted by atomic mass is 10.4. The Morgan fingerprint density at radius 3 is 2.81 bits per heavy atom. The summed E-state index contributed by atoms with van der Waals surface area (Å²) in [7, 11) is -3.89. The second-order valence-electron chi connectivity index (χ2n) is 3.90. The van der Waals surface area contributed by atoms with Gasteiger partial charge in [0.25, 0.3) is 15.7 Å². The van der Waals surface area contributed by atoms with Gasteiger partial charge in [-0.3, -0.25) is 10.1 Å². The Kier molecular flexibility index (Phi) is 4.52. The van der Waals surface area contributed by atoms with Crippen molar-refractivity contribution in [2.24, 2.45) is 0 Å². The number of aromatic nitrogens is 2. The van der Waals surface area contributed by atoms with E-state index in [0.29, 0.717) is 22.9 Å². The SMILES string of the molecule is Cc1nccc(CNS(=O)(=O)c2cc([N+](=O)[O-])c(Cl)s2)n1. The highest BCUT2D eigenvalue weighted by molar-refractivity contribution is 7.91. The van der Waals surface area contributed by atoms with Gasteiger partial charge in [0.15, 0.2) is 4.34 Å². The second-order valence-corrected chi connectivity index (χ2v) is 7.55. The lowest BCUT2D eigenvalue weighted by Gasteiger charge is -2.04. The third kappa shape index (κ3) is 3.73. The van der Waals surface area contributed by atoms with Crippen LogP contribution in [0.15, 0.2) is 22.5 Å². The highest BCUT2D eigenvalue weighted by atomic mass is 35.5. The third-order valence-corrected chi connectivity index (χ3v) is 5.60. The van der Waals surface area contributed by atoms with Gasteiger partial charge in [-0.15, -0.1) is 11.3 Å². The van der Waals surface area contributed by atoms with Crippen molar-refractivity contribution in [2.75, 3.05) is 0 Å². The van der Waals surface area contributed by atoms with E-state index in [1.165, 1.54) is 6.20 Å². The van der Waals surface area contributed by atoms with Crippen LogP contribution in [0.4, 0.5) is 5.69 Å². The summed E-state index contributed by atoms with van der Waals surface area (Å²) in [6.07, 6.45) is 1.51. The van der Waals surface area contributed by atoms with E-state index in [1.54, 1.807) is 13.0 Å². The van der Waals surface area contributed by atoms with Crippen LogP contribution in [0.1, 0.15) is 11.5 Å². The number of nitro groups is 1. The molecule has 0 spiro atoms. The summed E-state index contributed by atoms with van der Waals surface area (Å²) >= 11 is 6.28. The van der Waals surface area contributed by atoms with Crippen molar-refractivity contribution in [3.05, 3.63) is 44.3 Å². The number of halogens is 1. The third-order valence-electron chi connectivity index (χ3n) is 2.38. The fourth-order valence-corrected chi connectivity index (χ4v) is 4.15. The maximum atomic E-state index is 12.1. The summed E-state index contributed by atoms with van der Waals surface area (Å²) in [5, 5.41) is 10.7. The first kappa shape index (κ1) is 15.8. The first-order chi connectivity index (χ1) is 9.79. The van der Waals surface area contributed by atoms with E-state index in [9.17, 15) is 18.5 Å². The minimum absolute atomic E-state index is 0.0466. The molecular weight excluding hydrogens is 340 g/mol. The molecule has 0 aromatic carbocycles. The number of rotatable bonds is 5. The molecule has 0 aliphatic rings. The molecule has 8 nitrogen and oxygen atoms in total. The average Bonchev–Trinajstić information content (AvgIpc) is 2.80. The van der Waals surface area contributed by atoms with E-state index < -0.39 is 20.6 Å². The van der Waals surface area contributed by atoms with Gasteiger partial charge in [-0.05, 0) is 13.0 Å². The van der Waals surface area contributed by atoms with Crippen LogP contribution >= 0.6 is 22.9 Å². The Morgan fingerprint density at radius 1 is 1.52 bits per heavy atom. The topological polar surface area (TPSA) is 115 Å². The molecule has 0 atom stereocenters. The van der Waals surface area contributed by atoms with Gasteiger partial charge in [-0.1, -0.05) is 11.6 Å². The van der Waals surface area contributed by atoms with Gasteiger partial charge in [-0.2, -0.15) is 0 Å². The molecule has 2 aromatic rings. The maximum Gasteiger partial charge on any atom is 0.300 e. The average molecular weight is 349 g/mol. The molecule has 0 unspecified atom stereocenters. The number of aryl methyl sites for hydroxylation is 1. The van der Waals surface area contributed by atoms with Crippen LogP contribution in [0.25, 0.3) is 0 Å². The Bertz CT molecular complexity index is 790. The summed E-state index contributed by atoms with van der Waals surface area (Å²) in [6.45, 7) is 1.63. The van der Waals surface area contributed by atoms with Crippen LogP contribution in [0, 0.1) is 17.0 Å². The summed E-state index contributed by atoms with van der Waals surface area (Å²) in [5.41, 5.74) is 0.0585. The number of nitrogens with zero attached hydrogens (tertiary/aromatic N) is 3. The van der Waals surface area contributed by atoms with Gasteiger partial charge in [0, 0.05) is 12.3 Å². The molecule has 0 aliphatic carbocycles. The van der Waals surface area contributed by atoms with Gasteiger partial charge in [0.05, 0.1) is 17.2 Å². The largest absolute Gasteiger partial charge is 0.300 e. The van der Waals surface area contributed by atoms with Gasteiger partial charge in [-0.25, -0.2) is 23.1 Å². The van der Waals surface area contributed by atoms with Crippen molar-refractivity contribution in [2.45, 2.75) is 17.7 Å². The Labute approximate surface area is 129 Å². The summed E-state index contributed by atoms with van der Waals surface area (Å²) < 4.78 is 26.0. The summed E-state index contributed by atoms with van der Waals surface area (Å²) in [4.78, 5) is 17.9. The summed E-state index contributed by atoms with van der Waals surface area (Å²) in [5.74, 6) is 0.515. The predicted molar refractivity (Wildman–Crippen MR) is 76.8 cm³/mol. The van der Waals surface area contributed by atoms with Crippen molar-refractivity contribution < 1.29 is 13.3 Å². The predicted octanol–water partition coefficient (Wildman–Crippen LogP) is 1.89. The standard InChI is InChI=1S/C10H9ClN4O4S2/c1-6-12-3-2-7(14-6)5-13-21(18,19)9-4-8(15(16)17)10(11)20-9/h2-4,13H,5H2,1H3. The molecule has 11 heteroatoms. The van der Waals surface area contributed by atoms with E-state index in [0.717, 1.165) is 6.07 Å². The highest BCUT2D eigenvalue weighted by Crippen LogP contribution is 2.36. The van der Waals surface area contributed by atoms with E-state index in [2.05, 4.69) is 14.7 Å². The van der Waals surface area contributed by atoms with Gasteiger partial charge >= 0.3 is 0 Å². The van der Waals surface area contributed by atoms with Crippen molar-refractivity contribution in [1.29, 1.82) is 0 Å². The van der Waals surface area contributed by atoms with Gasteiger partial charge in [0.2, 0.25) is 0 Å². The Morgan fingerprint density at radius 2 is 2.24 bits per heavy atom. The van der Waals surface area contributed by atoms with Crippen LogP contribution in [0.2, 0.25) is 4.34 Å². The smallest absolute Gasteiger partial charge is 0.258 e. The van der Waals surface area contributed by atoms with Crippen LogP contribution < -0.4 is 4.72 Å². The normalized spacial score (nSPS) is 11.5. The second kappa shape index (κ2) is 6.02. The lowest BCUT2D eigenvalue weighted by molar-refractivity contribution is -0.384. The minimum Gasteiger partial charge on any atom is -0.258 e. The molecule has 0 amide bonds. The molecule has 2 aromatic heterocycles. The molecule has 0 saturated carbocycles. The van der Waals surface area contributed by atoms with Crippen molar-refractivity contribution >= 4 is 38.6 Å². The zero-order valence-electron chi connectivity index (χ0n) is 10.6. The monoisotopic (exact) mass is 348 g/mol. The van der Waals surface area contributed by atoms with Gasteiger partial charge in [0.1, 0.15) is 10.0 Å². The van der Waals surface area contributed by atoms with Crippen LogP contribution in [0.5, 0.6) is 0 Å². The van der Waals surface area contributed by atoms with Crippen LogP contribution in [-0.4, -0.2) is 23.3 Å². The highest BCUT2D eigenvalue weighted by Gasteiger charge is 2.25. The molecule has 0 aliphatic heterocycles. The Hall–Kier alpha value is -1.62. The molecule has 0 bridgehead atoms. The van der Waals surface area contributed by atoms with Crippen LogP contribution in [0.3, 0.4) is 0 Å². The van der Waals surface area contributed by atoms with Crippen molar-refractivity contribution in [3.63, 3.8) is 0 Å².